The van der Waals surface area contributed by atoms with Gasteiger partial charge in [-0.1, -0.05) is 36.7 Å². The number of ether oxygens (including phenoxy) is 3. The minimum atomic E-state index is -2.85. The molecule has 1 saturated carbocycles. The number of carbonyl (C=O) groups excluding carboxylic acids is 2. The average Bonchev–Trinajstić information content (AvgIpc) is 3.50. The van der Waals surface area contributed by atoms with Crippen molar-refractivity contribution in [2.24, 2.45) is 29.2 Å². The number of halogens is 1. The van der Waals surface area contributed by atoms with Crippen LogP contribution in [0.1, 0.15) is 71.4 Å². The van der Waals surface area contributed by atoms with Crippen molar-refractivity contribution in [2.75, 3.05) is 32.3 Å². The summed E-state index contributed by atoms with van der Waals surface area (Å²) >= 11 is 6.45. The van der Waals surface area contributed by atoms with Crippen molar-refractivity contribution < 1.29 is 33.1 Å². The molecule has 1 unspecified atom stereocenters. The van der Waals surface area contributed by atoms with E-state index in [1.165, 1.54) is 30.5 Å². The van der Waals surface area contributed by atoms with Crippen molar-refractivity contribution in [3.8, 4) is 11.6 Å². The van der Waals surface area contributed by atoms with Crippen LogP contribution < -0.4 is 19.7 Å². The summed E-state index contributed by atoms with van der Waals surface area (Å²) in [6, 6.07) is 11.2. The van der Waals surface area contributed by atoms with E-state index < -0.39 is 39.3 Å². The summed E-state index contributed by atoms with van der Waals surface area (Å²) in [4.78, 5) is 28.2. The number of aryl methyl sites for hydroxylation is 2. The molecule has 2 N–H and O–H groups in total. The second-order valence-electron chi connectivity index (χ2n) is 14.2. The number of aliphatic hydroxyl groups is 1. The fourth-order valence-corrected chi connectivity index (χ4v) is 8.74. The van der Waals surface area contributed by atoms with Gasteiger partial charge in [0.25, 0.3) is 11.8 Å². The highest BCUT2D eigenvalue weighted by Crippen LogP contribution is 2.42. The molecule has 0 radical (unpaired) electrons. The van der Waals surface area contributed by atoms with Crippen LogP contribution in [0.15, 0.2) is 59.1 Å². The molecule has 1 aliphatic carbocycles. The van der Waals surface area contributed by atoms with Crippen molar-refractivity contribution in [3.05, 3.63) is 82.0 Å². The highest BCUT2D eigenvalue weighted by molar-refractivity contribution is 7.76. The number of thiol groups is 1. The topological polar surface area (TPSA) is 145 Å². The molecule has 280 valence electrons. The SMILES string of the molecule is COc1nn(C)cc1C(=O)N[C@@]1(C)[C@@H](C)[C@@H](O)/C=C/[C@H](OC)[C@@H]2CC[C@H]2CN2Cc3ccc(Cl)cc3CCCCOc3ccc(cc32)C(=O)/N=[SH]\1=O. The molecule has 3 aliphatic rings. The molecule has 2 bridgehead atoms. The highest BCUT2D eigenvalue weighted by atomic mass is 35.5. The zero-order valence-corrected chi connectivity index (χ0v) is 31.9. The van der Waals surface area contributed by atoms with Crippen LogP contribution >= 0.6 is 11.6 Å². The molecule has 0 saturated heterocycles. The molecule has 2 amide bonds. The molecule has 1 fully saturated rings. The molecular formula is C38H48ClN5O7S. The molecule has 6 rings (SSSR count). The second-order valence-corrected chi connectivity index (χ2v) is 16.3. The molecule has 7 atom stereocenters. The number of rotatable bonds is 4. The number of aromatic nitrogens is 2. The quantitative estimate of drug-likeness (QED) is 0.237. The maximum absolute atomic E-state index is 14.3. The first kappa shape index (κ1) is 37.8. The van der Waals surface area contributed by atoms with Gasteiger partial charge in [0.15, 0.2) is 0 Å². The number of anilines is 1. The number of amides is 2. The van der Waals surface area contributed by atoms with Crippen LogP contribution in [0, 0.1) is 17.8 Å². The van der Waals surface area contributed by atoms with Crippen LogP contribution in [0.2, 0.25) is 5.02 Å². The Bertz CT molecular complexity index is 1930. The molecule has 14 heteroatoms. The Hall–Kier alpha value is -3.91. The van der Waals surface area contributed by atoms with E-state index in [0.717, 1.165) is 43.4 Å². The van der Waals surface area contributed by atoms with E-state index >= 15 is 0 Å². The number of hydrogen-bond donors (Lipinski definition) is 3. The maximum Gasteiger partial charge on any atom is 0.285 e. The van der Waals surface area contributed by atoms with E-state index in [2.05, 4.69) is 25.7 Å². The monoisotopic (exact) mass is 753 g/mol. The smallest absolute Gasteiger partial charge is 0.285 e. The van der Waals surface area contributed by atoms with Crippen molar-refractivity contribution in [2.45, 2.75) is 69.6 Å². The standard InChI is InChI=1S/C38H48ClN5O7S/c1-23-32(45)14-16-33(49-4)29-13-10-27(29)21-44-20-26-9-12-28(39)18-24(26)8-6-7-17-51-34-15-11-25(19-31(34)44)35(46)42-52(48)38(23,2)40-36(47)30-22-43(3)41-37(30)50-5/h9,11-12,14-16,18-19,22-23,27,29,32-33,45,52H,6-8,10,13,17,20-21H2,1-5H3,(H,40,47)/b16-14+/t23-,27-,29+,32-,33-,38+/m0/s1. The van der Waals surface area contributed by atoms with E-state index in [1.54, 1.807) is 45.4 Å². The first-order valence-electron chi connectivity index (χ1n) is 17.7. The first-order valence-corrected chi connectivity index (χ1v) is 19.3. The van der Waals surface area contributed by atoms with E-state index in [9.17, 15) is 18.9 Å². The Morgan fingerprint density at radius 1 is 1.13 bits per heavy atom. The lowest BCUT2D eigenvalue weighted by Gasteiger charge is -2.44. The Kier molecular flexibility index (Phi) is 11.6. The van der Waals surface area contributed by atoms with Gasteiger partial charge in [-0.15, -0.1) is 5.10 Å². The number of aliphatic hydroxyl groups excluding tert-OH is 1. The van der Waals surface area contributed by atoms with Crippen LogP contribution in [-0.4, -0.2) is 75.4 Å². The summed E-state index contributed by atoms with van der Waals surface area (Å²) in [5.74, 6) is -1.09. The summed E-state index contributed by atoms with van der Waals surface area (Å²) in [7, 11) is 1.85. The first-order chi connectivity index (χ1) is 24.9. The molecular weight excluding hydrogens is 706 g/mol. The van der Waals surface area contributed by atoms with Gasteiger partial charge in [0.05, 0.1) is 42.2 Å². The van der Waals surface area contributed by atoms with E-state index in [-0.39, 0.29) is 34.9 Å². The fourth-order valence-electron chi connectivity index (χ4n) is 7.36. The van der Waals surface area contributed by atoms with Crippen molar-refractivity contribution in [3.63, 3.8) is 0 Å². The van der Waals surface area contributed by atoms with Gasteiger partial charge in [-0.2, -0.15) is 4.36 Å². The molecule has 3 heterocycles. The fraction of sp³-hybridized carbons (Fsp3) is 0.500. The number of hydrogen-bond acceptors (Lipinski definition) is 9. The Labute approximate surface area is 311 Å². The zero-order chi connectivity index (χ0) is 37.2. The normalized spacial score (nSPS) is 29.1. The minimum Gasteiger partial charge on any atom is -0.491 e. The van der Waals surface area contributed by atoms with Gasteiger partial charge >= 0.3 is 0 Å². The van der Waals surface area contributed by atoms with Gasteiger partial charge in [-0.25, -0.2) is 4.21 Å². The molecule has 2 aliphatic heterocycles. The lowest BCUT2D eigenvalue weighted by Crippen LogP contribution is -2.55. The van der Waals surface area contributed by atoms with Crippen LogP contribution in [-0.2, 0) is 35.3 Å². The molecule has 12 nitrogen and oxygen atoms in total. The lowest BCUT2D eigenvalue weighted by molar-refractivity contribution is 0.0124. The van der Waals surface area contributed by atoms with Crippen molar-refractivity contribution >= 4 is 39.7 Å². The van der Waals surface area contributed by atoms with Crippen LogP contribution in [0.5, 0.6) is 11.6 Å². The lowest BCUT2D eigenvalue weighted by atomic mass is 9.70. The Morgan fingerprint density at radius 3 is 2.67 bits per heavy atom. The third-order valence-electron chi connectivity index (χ3n) is 10.9. The summed E-state index contributed by atoms with van der Waals surface area (Å²) in [5, 5.41) is 19.2. The number of methoxy groups -OCH3 is 2. The average molecular weight is 754 g/mol. The van der Waals surface area contributed by atoms with Crippen LogP contribution in [0.3, 0.4) is 0 Å². The van der Waals surface area contributed by atoms with E-state index in [1.807, 2.05) is 18.2 Å². The predicted molar refractivity (Wildman–Crippen MR) is 201 cm³/mol. The Morgan fingerprint density at radius 2 is 1.94 bits per heavy atom. The van der Waals surface area contributed by atoms with Crippen molar-refractivity contribution in [1.82, 2.24) is 15.1 Å². The summed E-state index contributed by atoms with van der Waals surface area (Å²) in [6.07, 6.45) is 8.04. The van der Waals surface area contributed by atoms with E-state index in [4.69, 9.17) is 25.8 Å². The Balaban J connectivity index is 1.47. The van der Waals surface area contributed by atoms with Gasteiger partial charge in [-0.3, -0.25) is 14.3 Å². The largest absolute Gasteiger partial charge is 0.491 e. The second kappa shape index (κ2) is 16.0. The summed E-state index contributed by atoms with van der Waals surface area (Å²) in [6.45, 7) is 4.92. The number of fused-ring (bicyclic) bond motifs is 3. The summed E-state index contributed by atoms with van der Waals surface area (Å²) < 4.78 is 37.6. The maximum atomic E-state index is 14.3. The van der Waals surface area contributed by atoms with Gasteiger partial charge < -0.3 is 29.5 Å². The van der Waals surface area contributed by atoms with Gasteiger partial charge in [0.2, 0.25) is 5.88 Å². The molecule has 3 aromatic rings. The zero-order valence-electron chi connectivity index (χ0n) is 30.3. The number of nitrogens with one attached hydrogen (secondary N) is 1. The third-order valence-corrected chi connectivity index (χ3v) is 12.8. The van der Waals surface area contributed by atoms with Crippen LogP contribution in [0.25, 0.3) is 0 Å². The number of benzene rings is 2. The summed E-state index contributed by atoms with van der Waals surface area (Å²) in [5.41, 5.74) is 3.39. The molecule has 52 heavy (non-hydrogen) atoms. The molecule has 0 spiro atoms. The number of carbonyl (C=O) groups is 2. The number of nitrogens with zero attached hydrogens (tertiary/aromatic N) is 4. The van der Waals surface area contributed by atoms with Crippen molar-refractivity contribution in [1.29, 1.82) is 0 Å². The minimum absolute atomic E-state index is 0.0756. The van der Waals surface area contributed by atoms with Crippen LogP contribution in [0.4, 0.5) is 5.69 Å². The van der Waals surface area contributed by atoms with Gasteiger partial charge in [0.1, 0.15) is 16.2 Å². The molecule has 2 aromatic carbocycles. The van der Waals surface area contributed by atoms with E-state index in [0.29, 0.717) is 30.5 Å². The van der Waals surface area contributed by atoms with Gasteiger partial charge in [-0.05, 0) is 92.3 Å². The highest BCUT2D eigenvalue weighted by Gasteiger charge is 2.42. The third kappa shape index (κ3) is 7.87. The predicted octanol–water partition coefficient (Wildman–Crippen LogP) is 5.36. The molecule has 1 aromatic heterocycles. The van der Waals surface area contributed by atoms with Gasteiger partial charge in [0, 0.05) is 49.9 Å².